The SMILES string of the molecule is CNC(=O)[C@@H](C)Cn1cnc2ccc(-c3cnc(N)c(NS(=O)(=O)c4ccc(F)cc4Cl)c3)cc2c1=O. The molecule has 1 atom stereocenters. The molecule has 192 valence electrons. The third-order valence-corrected chi connectivity index (χ3v) is 7.52. The number of hydrogen-bond acceptors (Lipinski definition) is 7. The van der Waals surface area contributed by atoms with Crippen LogP contribution in [0.5, 0.6) is 0 Å². The van der Waals surface area contributed by atoms with Crippen LogP contribution in [0.15, 0.2) is 64.7 Å². The molecule has 0 spiro atoms. The molecular formula is C24H22ClFN6O4S. The number of rotatable bonds is 7. The average molecular weight is 545 g/mol. The number of carbonyl (C=O) groups is 1. The molecule has 0 saturated heterocycles. The molecule has 0 radical (unpaired) electrons. The van der Waals surface area contributed by atoms with E-state index in [9.17, 15) is 22.4 Å². The van der Waals surface area contributed by atoms with Crippen LogP contribution in [0.4, 0.5) is 15.9 Å². The Labute approximate surface area is 216 Å². The fraction of sp³-hybridized carbons (Fsp3) is 0.167. The molecule has 4 N–H and O–H groups in total. The molecule has 13 heteroatoms. The number of sulfonamides is 1. The molecule has 2 aromatic heterocycles. The Morgan fingerprint density at radius 3 is 2.62 bits per heavy atom. The highest BCUT2D eigenvalue weighted by Crippen LogP contribution is 2.30. The van der Waals surface area contributed by atoms with Crippen molar-refractivity contribution < 1.29 is 17.6 Å². The molecule has 4 rings (SSSR count). The third-order valence-electron chi connectivity index (χ3n) is 5.67. The number of halogens is 2. The molecule has 37 heavy (non-hydrogen) atoms. The van der Waals surface area contributed by atoms with E-state index in [2.05, 4.69) is 20.0 Å². The lowest BCUT2D eigenvalue weighted by Crippen LogP contribution is -2.32. The summed E-state index contributed by atoms with van der Waals surface area (Å²) in [6.45, 7) is 1.85. The fourth-order valence-corrected chi connectivity index (χ4v) is 5.30. The van der Waals surface area contributed by atoms with E-state index < -0.39 is 21.8 Å². The summed E-state index contributed by atoms with van der Waals surface area (Å²) >= 11 is 5.92. The predicted octanol–water partition coefficient (Wildman–Crippen LogP) is 3.02. The number of fused-ring (bicyclic) bond motifs is 1. The summed E-state index contributed by atoms with van der Waals surface area (Å²) in [7, 11) is -2.69. The molecule has 4 aromatic rings. The highest BCUT2D eigenvalue weighted by Gasteiger charge is 2.21. The number of nitrogen functional groups attached to an aromatic ring is 1. The Morgan fingerprint density at radius 2 is 1.92 bits per heavy atom. The van der Waals surface area contributed by atoms with E-state index in [4.69, 9.17) is 17.3 Å². The van der Waals surface area contributed by atoms with Gasteiger partial charge in [-0.2, -0.15) is 0 Å². The molecule has 0 aliphatic heterocycles. The molecule has 2 heterocycles. The molecule has 0 bridgehead atoms. The lowest BCUT2D eigenvalue weighted by Gasteiger charge is -2.14. The number of nitrogens with two attached hydrogens (primary N) is 1. The minimum absolute atomic E-state index is 0.0269. The second-order valence-electron chi connectivity index (χ2n) is 8.29. The van der Waals surface area contributed by atoms with Crippen LogP contribution in [0.3, 0.4) is 0 Å². The van der Waals surface area contributed by atoms with E-state index in [0.29, 0.717) is 22.0 Å². The Morgan fingerprint density at radius 1 is 1.16 bits per heavy atom. The average Bonchev–Trinajstić information content (AvgIpc) is 2.86. The molecule has 0 aliphatic carbocycles. The number of amides is 1. The first-order valence-corrected chi connectivity index (χ1v) is 12.8. The normalized spacial score (nSPS) is 12.3. The maximum atomic E-state index is 13.4. The zero-order chi connectivity index (χ0) is 26.9. The molecular weight excluding hydrogens is 523 g/mol. The zero-order valence-electron chi connectivity index (χ0n) is 19.7. The first kappa shape index (κ1) is 26.0. The minimum atomic E-state index is -4.21. The van der Waals surface area contributed by atoms with E-state index in [1.54, 1.807) is 25.1 Å². The van der Waals surface area contributed by atoms with Gasteiger partial charge >= 0.3 is 0 Å². The van der Waals surface area contributed by atoms with Gasteiger partial charge in [-0.1, -0.05) is 24.6 Å². The van der Waals surface area contributed by atoms with Gasteiger partial charge in [0, 0.05) is 25.4 Å². The topological polar surface area (TPSA) is 149 Å². The number of carbonyl (C=O) groups excluding carboxylic acids is 1. The second kappa shape index (κ2) is 10.1. The Balaban J connectivity index is 1.71. The summed E-state index contributed by atoms with van der Waals surface area (Å²) in [5, 5.41) is 2.56. The van der Waals surface area contributed by atoms with Crippen LogP contribution >= 0.6 is 11.6 Å². The summed E-state index contributed by atoms with van der Waals surface area (Å²) in [5.74, 6) is -1.43. The number of aromatic nitrogens is 3. The quantitative estimate of drug-likeness (QED) is 0.324. The largest absolute Gasteiger partial charge is 0.382 e. The van der Waals surface area contributed by atoms with Crippen LogP contribution in [0.1, 0.15) is 6.92 Å². The van der Waals surface area contributed by atoms with Crippen molar-refractivity contribution in [2.24, 2.45) is 5.92 Å². The molecule has 2 aromatic carbocycles. The van der Waals surface area contributed by atoms with Crippen LogP contribution in [0.25, 0.3) is 22.0 Å². The monoisotopic (exact) mass is 544 g/mol. The van der Waals surface area contributed by atoms with Crippen molar-refractivity contribution in [2.45, 2.75) is 18.4 Å². The molecule has 1 amide bonds. The van der Waals surface area contributed by atoms with Crippen molar-refractivity contribution in [3.05, 3.63) is 76.2 Å². The maximum Gasteiger partial charge on any atom is 0.263 e. The highest BCUT2D eigenvalue weighted by molar-refractivity contribution is 7.92. The van der Waals surface area contributed by atoms with Crippen LogP contribution in [-0.2, 0) is 21.4 Å². The van der Waals surface area contributed by atoms with Crippen LogP contribution in [0.2, 0.25) is 5.02 Å². The van der Waals surface area contributed by atoms with Crippen molar-refractivity contribution in [3.63, 3.8) is 0 Å². The smallest absolute Gasteiger partial charge is 0.263 e. The first-order chi connectivity index (χ1) is 17.5. The van der Waals surface area contributed by atoms with Gasteiger partial charge in [0.25, 0.3) is 15.6 Å². The van der Waals surface area contributed by atoms with Gasteiger partial charge in [0.2, 0.25) is 5.91 Å². The number of nitrogens with zero attached hydrogens (tertiary/aromatic N) is 3. The zero-order valence-corrected chi connectivity index (χ0v) is 21.3. The number of pyridine rings is 1. The van der Waals surface area contributed by atoms with E-state index in [0.717, 1.165) is 18.2 Å². The second-order valence-corrected chi connectivity index (χ2v) is 10.3. The van der Waals surface area contributed by atoms with Gasteiger partial charge in [-0.3, -0.25) is 18.9 Å². The summed E-state index contributed by atoms with van der Waals surface area (Å²) < 4.78 is 42.8. The van der Waals surface area contributed by atoms with Gasteiger partial charge in [-0.25, -0.2) is 22.8 Å². The molecule has 0 unspecified atom stereocenters. The first-order valence-electron chi connectivity index (χ1n) is 10.9. The van der Waals surface area contributed by atoms with Crippen molar-refractivity contribution in [2.75, 3.05) is 17.5 Å². The van der Waals surface area contributed by atoms with Crippen LogP contribution in [-0.4, -0.2) is 35.9 Å². The van der Waals surface area contributed by atoms with E-state index >= 15 is 0 Å². The Kier molecular flexibility index (Phi) is 7.14. The van der Waals surface area contributed by atoms with Gasteiger partial charge in [0.1, 0.15) is 16.5 Å². The van der Waals surface area contributed by atoms with Crippen molar-refractivity contribution in [1.29, 1.82) is 0 Å². The van der Waals surface area contributed by atoms with Crippen molar-refractivity contribution >= 4 is 49.9 Å². The van der Waals surface area contributed by atoms with Gasteiger partial charge < -0.3 is 11.1 Å². The fourth-order valence-electron chi connectivity index (χ4n) is 3.70. The van der Waals surface area contributed by atoms with Crippen molar-refractivity contribution in [3.8, 4) is 11.1 Å². The molecule has 10 nitrogen and oxygen atoms in total. The number of hydrogen-bond donors (Lipinski definition) is 3. The lowest BCUT2D eigenvalue weighted by atomic mass is 10.0. The minimum Gasteiger partial charge on any atom is -0.382 e. The van der Waals surface area contributed by atoms with Gasteiger partial charge in [0.15, 0.2) is 0 Å². The Bertz CT molecular complexity index is 1690. The summed E-state index contributed by atoms with van der Waals surface area (Å²) in [6.07, 6.45) is 2.82. The third kappa shape index (κ3) is 5.39. The van der Waals surface area contributed by atoms with Crippen LogP contribution in [0, 0.1) is 11.7 Å². The van der Waals surface area contributed by atoms with Crippen molar-refractivity contribution in [1.82, 2.24) is 19.9 Å². The van der Waals surface area contributed by atoms with Crippen LogP contribution < -0.4 is 21.3 Å². The molecule has 0 fully saturated rings. The summed E-state index contributed by atoms with van der Waals surface area (Å²) in [4.78, 5) is 33.0. The predicted molar refractivity (Wildman–Crippen MR) is 139 cm³/mol. The molecule has 0 saturated carbocycles. The maximum absolute atomic E-state index is 13.4. The molecule has 0 aliphatic rings. The number of anilines is 2. The van der Waals surface area contributed by atoms with Gasteiger partial charge in [-0.05, 0) is 42.0 Å². The van der Waals surface area contributed by atoms with Gasteiger partial charge in [-0.15, -0.1) is 0 Å². The van der Waals surface area contributed by atoms with E-state index in [-0.39, 0.29) is 39.4 Å². The summed E-state index contributed by atoms with van der Waals surface area (Å²) in [5.41, 5.74) is 7.01. The number of benzene rings is 2. The lowest BCUT2D eigenvalue weighted by molar-refractivity contribution is -0.124. The summed E-state index contributed by atoms with van der Waals surface area (Å²) in [6, 6.07) is 9.32. The number of nitrogens with one attached hydrogen (secondary N) is 2. The Hall–Kier alpha value is -4.03. The van der Waals surface area contributed by atoms with E-state index in [1.807, 2.05) is 0 Å². The highest BCUT2D eigenvalue weighted by atomic mass is 35.5. The van der Waals surface area contributed by atoms with E-state index in [1.165, 1.54) is 30.2 Å². The standard InChI is InChI=1S/C24H22ClFN6O4S/c1-13(23(33)28-2)11-32-12-30-19-5-3-14(7-17(19)24(32)34)15-8-20(22(27)29-10-15)31-37(35,36)21-6-4-16(26)9-18(21)25/h3-10,12-13,31H,11H2,1-2H3,(H2,27,29)(H,28,33)/t13-/m0/s1. The van der Waals surface area contributed by atoms with Gasteiger partial charge in [0.05, 0.1) is 33.9 Å².